The summed E-state index contributed by atoms with van der Waals surface area (Å²) >= 11 is 0. The molecule has 0 aromatic heterocycles. The van der Waals surface area contributed by atoms with E-state index in [9.17, 15) is 14.4 Å². The van der Waals surface area contributed by atoms with E-state index >= 15 is 0 Å². The van der Waals surface area contributed by atoms with Crippen LogP contribution in [0.1, 0.15) is 239 Å². The van der Waals surface area contributed by atoms with Gasteiger partial charge in [0.1, 0.15) is 13.2 Å². The van der Waals surface area contributed by atoms with Crippen LogP contribution >= 0.6 is 0 Å². The van der Waals surface area contributed by atoms with Gasteiger partial charge < -0.3 is 14.2 Å². The summed E-state index contributed by atoms with van der Waals surface area (Å²) in [4.78, 5) is 37.9. The van der Waals surface area contributed by atoms with Gasteiger partial charge in [0.15, 0.2) is 6.10 Å². The first-order chi connectivity index (χ1) is 32.0. The minimum atomic E-state index is -0.803. The highest BCUT2D eigenvalue weighted by Crippen LogP contribution is 2.13. The van der Waals surface area contributed by atoms with Crippen LogP contribution in [0.5, 0.6) is 0 Å². The summed E-state index contributed by atoms with van der Waals surface area (Å²) in [7, 11) is 0. The number of esters is 3. The number of carbonyl (C=O) groups excluding carboxylic acids is 3. The van der Waals surface area contributed by atoms with Gasteiger partial charge in [-0.1, -0.05) is 221 Å². The van der Waals surface area contributed by atoms with Crippen molar-refractivity contribution < 1.29 is 28.6 Å². The maximum Gasteiger partial charge on any atom is 0.306 e. The largest absolute Gasteiger partial charge is 0.462 e. The van der Waals surface area contributed by atoms with Crippen molar-refractivity contribution in [2.75, 3.05) is 13.2 Å². The minimum Gasteiger partial charge on any atom is -0.462 e. The van der Waals surface area contributed by atoms with E-state index in [-0.39, 0.29) is 37.5 Å². The summed E-state index contributed by atoms with van der Waals surface area (Å²) in [6.07, 6.45) is 69.7. The van der Waals surface area contributed by atoms with Gasteiger partial charge in [0.2, 0.25) is 0 Å². The highest BCUT2D eigenvalue weighted by Gasteiger charge is 2.19. The van der Waals surface area contributed by atoms with Gasteiger partial charge in [-0.2, -0.15) is 0 Å². The summed E-state index contributed by atoms with van der Waals surface area (Å²) in [6.45, 7) is 6.44. The van der Waals surface area contributed by atoms with Gasteiger partial charge in [0.25, 0.3) is 0 Å². The Bertz CT molecular complexity index is 1310. The molecule has 0 heterocycles. The molecule has 6 nitrogen and oxygen atoms in total. The average Bonchev–Trinajstić information content (AvgIpc) is 3.30. The van der Waals surface area contributed by atoms with E-state index in [0.717, 1.165) is 103 Å². The first-order valence-corrected chi connectivity index (χ1v) is 26.7. The maximum absolute atomic E-state index is 12.8. The third-order valence-corrected chi connectivity index (χ3v) is 11.1. The lowest BCUT2D eigenvalue weighted by molar-refractivity contribution is -0.167. The van der Waals surface area contributed by atoms with E-state index in [1.165, 1.54) is 89.9 Å². The molecule has 0 bridgehead atoms. The molecule has 0 aliphatic carbocycles. The van der Waals surface area contributed by atoms with Crippen LogP contribution < -0.4 is 0 Å². The molecule has 0 fully saturated rings. The lowest BCUT2D eigenvalue weighted by Crippen LogP contribution is -2.30. The third-order valence-electron chi connectivity index (χ3n) is 11.1. The minimum absolute atomic E-state index is 0.0982. The van der Waals surface area contributed by atoms with Crippen LogP contribution in [0.4, 0.5) is 0 Å². The second-order valence-corrected chi connectivity index (χ2v) is 17.4. The summed E-state index contributed by atoms with van der Waals surface area (Å²) in [5.41, 5.74) is 0. The lowest BCUT2D eigenvalue weighted by atomic mass is 10.1. The Labute approximate surface area is 400 Å². The fourth-order valence-electron chi connectivity index (χ4n) is 7.07. The van der Waals surface area contributed by atoms with Crippen molar-refractivity contribution in [1.82, 2.24) is 0 Å². The van der Waals surface area contributed by atoms with Gasteiger partial charge in [0, 0.05) is 19.3 Å². The molecule has 0 saturated carbocycles. The van der Waals surface area contributed by atoms with Gasteiger partial charge in [-0.3, -0.25) is 14.4 Å². The number of rotatable bonds is 47. The number of carbonyl (C=O) groups is 3. The molecule has 1 unspecified atom stereocenters. The number of unbranched alkanes of at least 4 members (excludes halogenated alkanes) is 20. The monoisotopic (exact) mass is 903 g/mol. The molecule has 0 radical (unpaired) electrons. The van der Waals surface area contributed by atoms with E-state index in [0.29, 0.717) is 19.3 Å². The molecule has 0 saturated heterocycles. The smallest absolute Gasteiger partial charge is 0.306 e. The van der Waals surface area contributed by atoms with E-state index < -0.39 is 6.10 Å². The molecule has 0 aromatic rings. The van der Waals surface area contributed by atoms with Crippen LogP contribution in [-0.4, -0.2) is 37.2 Å². The standard InChI is InChI=1S/C59H98O6/c1-4-7-10-13-16-19-21-23-25-26-27-28-29-30-31-32-34-35-37-40-43-46-49-52-58(61)64-55-56(54-63-57(60)51-48-45-42-39-18-15-12-9-6-3)65-59(62)53-50-47-44-41-38-36-33-24-22-20-17-14-11-8-5-2/h7,10,16,19,23-25,27-28,30-31,33-35,40,43,56H,4-6,8-9,11-15,17-18,20-22,26,29,32,36-39,41-42,44-55H2,1-3H3/b10-7-,19-16-,25-23-,28-27-,31-30-,33-24-,35-34-,43-40-. The maximum atomic E-state index is 12.8. The van der Waals surface area contributed by atoms with Gasteiger partial charge in [-0.15, -0.1) is 0 Å². The normalized spacial score (nSPS) is 12.8. The molecule has 0 N–H and O–H groups in total. The fraction of sp³-hybridized carbons (Fsp3) is 0.678. The molecule has 0 aliphatic rings. The average molecular weight is 903 g/mol. The molecule has 0 aliphatic heterocycles. The van der Waals surface area contributed by atoms with Crippen LogP contribution in [-0.2, 0) is 28.6 Å². The van der Waals surface area contributed by atoms with Gasteiger partial charge in [-0.25, -0.2) is 0 Å². The first-order valence-electron chi connectivity index (χ1n) is 26.7. The Balaban J connectivity index is 4.42. The third kappa shape index (κ3) is 51.2. The molecular weight excluding hydrogens is 805 g/mol. The Morgan fingerprint density at radius 2 is 0.615 bits per heavy atom. The Kier molecular flexibility index (Phi) is 50.0. The number of hydrogen-bond acceptors (Lipinski definition) is 6. The van der Waals surface area contributed by atoms with Crippen LogP contribution in [0, 0.1) is 0 Å². The van der Waals surface area contributed by atoms with Crippen molar-refractivity contribution in [2.45, 2.75) is 245 Å². The van der Waals surface area contributed by atoms with Crippen LogP contribution in [0.15, 0.2) is 97.2 Å². The molecule has 6 heteroatoms. The van der Waals surface area contributed by atoms with Crippen LogP contribution in [0.2, 0.25) is 0 Å². The second-order valence-electron chi connectivity index (χ2n) is 17.4. The molecule has 0 rings (SSSR count). The predicted molar refractivity (Wildman–Crippen MR) is 279 cm³/mol. The summed E-state index contributed by atoms with van der Waals surface area (Å²) in [5, 5.41) is 0. The highest BCUT2D eigenvalue weighted by molar-refractivity contribution is 5.71. The number of ether oxygens (including phenoxy) is 3. The van der Waals surface area contributed by atoms with Crippen LogP contribution in [0.3, 0.4) is 0 Å². The van der Waals surface area contributed by atoms with Crippen molar-refractivity contribution >= 4 is 17.9 Å². The molecular formula is C59H98O6. The lowest BCUT2D eigenvalue weighted by Gasteiger charge is -2.18. The van der Waals surface area contributed by atoms with Crippen LogP contribution in [0.25, 0.3) is 0 Å². The highest BCUT2D eigenvalue weighted by atomic mass is 16.6. The molecule has 1 atom stereocenters. The Morgan fingerprint density at radius 3 is 1.02 bits per heavy atom. The van der Waals surface area contributed by atoms with Crippen molar-refractivity contribution in [3.8, 4) is 0 Å². The van der Waals surface area contributed by atoms with E-state index in [1.807, 2.05) is 0 Å². The van der Waals surface area contributed by atoms with E-state index in [2.05, 4.69) is 118 Å². The summed E-state index contributed by atoms with van der Waals surface area (Å²) in [5.74, 6) is -0.973. The number of hydrogen-bond donors (Lipinski definition) is 0. The van der Waals surface area contributed by atoms with Gasteiger partial charge in [-0.05, 0) is 96.3 Å². The van der Waals surface area contributed by atoms with Crippen molar-refractivity contribution in [3.63, 3.8) is 0 Å². The molecule has 370 valence electrons. The Hall–Kier alpha value is -3.67. The number of allylic oxidation sites excluding steroid dienone is 16. The predicted octanol–water partition coefficient (Wildman–Crippen LogP) is 17.8. The van der Waals surface area contributed by atoms with Gasteiger partial charge in [0.05, 0.1) is 0 Å². The van der Waals surface area contributed by atoms with Crippen molar-refractivity contribution in [2.24, 2.45) is 0 Å². The van der Waals surface area contributed by atoms with E-state index in [1.54, 1.807) is 0 Å². The van der Waals surface area contributed by atoms with Gasteiger partial charge >= 0.3 is 17.9 Å². The topological polar surface area (TPSA) is 78.9 Å². The zero-order valence-electron chi connectivity index (χ0n) is 42.2. The summed E-state index contributed by atoms with van der Waals surface area (Å²) < 4.78 is 16.7. The molecule has 0 amide bonds. The zero-order valence-corrected chi connectivity index (χ0v) is 42.2. The molecule has 0 spiro atoms. The first kappa shape index (κ1) is 61.3. The summed E-state index contributed by atoms with van der Waals surface area (Å²) in [6, 6.07) is 0. The SMILES string of the molecule is CC/C=C\C/C=C\C/C=C\C/C=C\C/C=C\C/C=C\C/C=C\CCCC(=O)OCC(COC(=O)CCCCCCCCCCC)OC(=O)CCCCCCC/C=C\CCCCCCCC. The molecule has 65 heavy (non-hydrogen) atoms. The van der Waals surface area contributed by atoms with Crippen molar-refractivity contribution in [3.05, 3.63) is 97.2 Å². The Morgan fingerprint density at radius 1 is 0.323 bits per heavy atom. The fourth-order valence-corrected chi connectivity index (χ4v) is 7.07. The van der Waals surface area contributed by atoms with E-state index in [4.69, 9.17) is 14.2 Å². The molecule has 0 aromatic carbocycles. The zero-order chi connectivity index (χ0) is 47.2. The van der Waals surface area contributed by atoms with Crippen molar-refractivity contribution in [1.29, 1.82) is 0 Å². The quantitative estimate of drug-likeness (QED) is 0.0262. The second kappa shape index (κ2) is 52.9.